The van der Waals surface area contributed by atoms with Gasteiger partial charge in [-0.1, -0.05) is 0 Å². The molecule has 1 aliphatic rings. The Hall–Kier alpha value is -2.77. The lowest BCUT2D eigenvalue weighted by molar-refractivity contribution is 0.578. The average molecular weight is 296 g/mol. The molecule has 3 aromatic rings. The standard InChI is InChI=1S/C14H16N8/c1-4-15-14(16-5-1)20-7-3-9-22-12(10-20)18-19-13(22)11-21-8-2-6-17-21/h1-2,4-6,8H,3,7,9-11H2. The van der Waals surface area contributed by atoms with Crippen molar-refractivity contribution in [1.29, 1.82) is 0 Å². The molecule has 0 bridgehead atoms. The molecule has 4 rings (SSSR count). The van der Waals surface area contributed by atoms with Crippen molar-refractivity contribution >= 4 is 5.95 Å². The molecule has 0 saturated carbocycles. The van der Waals surface area contributed by atoms with E-state index < -0.39 is 0 Å². The first-order valence-electron chi connectivity index (χ1n) is 7.30. The fourth-order valence-corrected chi connectivity index (χ4v) is 2.70. The lowest BCUT2D eigenvalue weighted by atomic mass is 10.4. The summed E-state index contributed by atoms with van der Waals surface area (Å²) in [4.78, 5) is 10.8. The summed E-state index contributed by atoms with van der Waals surface area (Å²) in [6, 6.07) is 3.74. The maximum atomic E-state index is 4.35. The Morgan fingerprint density at radius 3 is 2.73 bits per heavy atom. The molecule has 1 aliphatic heterocycles. The maximum absolute atomic E-state index is 4.35. The van der Waals surface area contributed by atoms with Gasteiger partial charge in [0.2, 0.25) is 5.95 Å². The van der Waals surface area contributed by atoms with Crippen molar-refractivity contribution in [3.8, 4) is 0 Å². The zero-order valence-electron chi connectivity index (χ0n) is 12.1. The molecule has 22 heavy (non-hydrogen) atoms. The molecule has 8 heteroatoms. The van der Waals surface area contributed by atoms with Gasteiger partial charge >= 0.3 is 0 Å². The highest BCUT2D eigenvalue weighted by atomic mass is 15.4. The summed E-state index contributed by atoms with van der Waals surface area (Å²) >= 11 is 0. The van der Waals surface area contributed by atoms with Gasteiger partial charge in [0.1, 0.15) is 6.54 Å². The van der Waals surface area contributed by atoms with Gasteiger partial charge in [-0.15, -0.1) is 10.2 Å². The van der Waals surface area contributed by atoms with Gasteiger partial charge in [0.05, 0.1) is 6.54 Å². The first kappa shape index (κ1) is 12.9. The maximum Gasteiger partial charge on any atom is 0.225 e. The van der Waals surface area contributed by atoms with Gasteiger partial charge in [0, 0.05) is 37.9 Å². The van der Waals surface area contributed by atoms with Crippen molar-refractivity contribution in [2.75, 3.05) is 11.4 Å². The van der Waals surface area contributed by atoms with Gasteiger partial charge in [-0.2, -0.15) is 5.10 Å². The second-order valence-corrected chi connectivity index (χ2v) is 5.21. The molecule has 0 saturated heterocycles. The van der Waals surface area contributed by atoms with Gasteiger partial charge < -0.3 is 9.47 Å². The molecular weight excluding hydrogens is 280 g/mol. The fourth-order valence-electron chi connectivity index (χ4n) is 2.70. The summed E-state index contributed by atoms with van der Waals surface area (Å²) in [6.45, 7) is 3.13. The summed E-state index contributed by atoms with van der Waals surface area (Å²) in [6.07, 6.45) is 8.24. The highest BCUT2D eigenvalue weighted by Crippen LogP contribution is 2.17. The zero-order valence-corrected chi connectivity index (χ0v) is 12.1. The molecule has 8 nitrogen and oxygen atoms in total. The van der Waals surface area contributed by atoms with Crippen molar-refractivity contribution in [3.63, 3.8) is 0 Å². The molecular formula is C14H16N8. The van der Waals surface area contributed by atoms with E-state index in [1.807, 2.05) is 23.0 Å². The van der Waals surface area contributed by atoms with Crippen molar-refractivity contribution < 1.29 is 0 Å². The Kier molecular flexibility index (Phi) is 3.26. The normalized spacial score (nSPS) is 14.6. The molecule has 4 heterocycles. The topological polar surface area (TPSA) is 77.5 Å². The Labute approximate surface area is 127 Å². The number of hydrogen-bond acceptors (Lipinski definition) is 6. The molecule has 0 aliphatic carbocycles. The molecule has 0 fully saturated rings. The van der Waals surface area contributed by atoms with Crippen LogP contribution in [0, 0.1) is 0 Å². The molecule has 0 spiro atoms. The third-order valence-corrected chi connectivity index (χ3v) is 3.74. The van der Waals surface area contributed by atoms with E-state index in [1.165, 1.54) is 0 Å². The van der Waals surface area contributed by atoms with E-state index in [1.54, 1.807) is 18.6 Å². The van der Waals surface area contributed by atoms with Crippen LogP contribution in [0.5, 0.6) is 0 Å². The highest BCUT2D eigenvalue weighted by Gasteiger charge is 2.20. The van der Waals surface area contributed by atoms with Crippen LogP contribution in [0.3, 0.4) is 0 Å². The number of nitrogens with zero attached hydrogens (tertiary/aromatic N) is 8. The van der Waals surface area contributed by atoms with E-state index in [4.69, 9.17) is 0 Å². The summed E-state index contributed by atoms with van der Waals surface area (Å²) < 4.78 is 4.05. The lowest BCUT2D eigenvalue weighted by Gasteiger charge is -2.18. The quantitative estimate of drug-likeness (QED) is 0.709. The van der Waals surface area contributed by atoms with Crippen molar-refractivity contribution in [2.24, 2.45) is 0 Å². The SMILES string of the molecule is c1cnc(N2CCCn3c(nnc3Cn3cccn3)C2)nc1. The first-order valence-corrected chi connectivity index (χ1v) is 7.30. The summed E-state index contributed by atoms with van der Waals surface area (Å²) in [5.41, 5.74) is 0. The third-order valence-electron chi connectivity index (χ3n) is 3.74. The van der Waals surface area contributed by atoms with Crippen LogP contribution in [0.2, 0.25) is 0 Å². The second kappa shape index (κ2) is 5.55. The minimum Gasteiger partial charge on any atom is -0.333 e. The third kappa shape index (κ3) is 2.43. The Bertz CT molecular complexity index is 734. The summed E-state index contributed by atoms with van der Waals surface area (Å²) in [5, 5.41) is 12.9. The molecule has 0 aromatic carbocycles. The molecule has 0 N–H and O–H groups in total. The van der Waals surface area contributed by atoms with Crippen LogP contribution in [0.4, 0.5) is 5.95 Å². The molecule has 0 atom stereocenters. The van der Waals surface area contributed by atoms with E-state index in [2.05, 4.69) is 34.7 Å². The van der Waals surface area contributed by atoms with E-state index in [0.717, 1.165) is 37.1 Å². The predicted molar refractivity (Wildman–Crippen MR) is 79.1 cm³/mol. The van der Waals surface area contributed by atoms with Crippen LogP contribution in [-0.2, 0) is 19.6 Å². The van der Waals surface area contributed by atoms with Crippen LogP contribution in [-0.4, -0.2) is 41.1 Å². The van der Waals surface area contributed by atoms with Crippen LogP contribution in [0.1, 0.15) is 18.1 Å². The van der Waals surface area contributed by atoms with Crippen LogP contribution < -0.4 is 4.90 Å². The number of fused-ring (bicyclic) bond motifs is 1. The number of hydrogen-bond donors (Lipinski definition) is 0. The number of aromatic nitrogens is 7. The monoisotopic (exact) mass is 296 g/mol. The molecule has 0 unspecified atom stereocenters. The Balaban J connectivity index is 1.59. The Morgan fingerprint density at radius 1 is 1.00 bits per heavy atom. The van der Waals surface area contributed by atoms with Crippen molar-refractivity contribution in [2.45, 2.75) is 26.1 Å². The van der Waals surface area contributed by atoms with Crippen molar-refractivity contribution in [1.82, 2.24) is 34.5 Å². The lowest BCUT2D eigenvalue weighted by Crippen LogP contribution is -2.24. The first-order chi connectivity index (χ1) is 10.9. The highest BCUT2D eigenvalue weighted by molar-refractivity contribution is 5.29. The van der Waals surface area contributed by atoms with Gasteiger partial charge in [0.25, 0.3) is 0 Å². The van der Waals surface area contributed by atoms with E-state index in [0.29, 0.717) is 13.1 Å². The average Bonchev–Trinajstić information content (AvgIpc) is 3.14. The molecule has 0 radical (unpaired) electrons. The van der Waals surface area contributed by atoms with E-state index in [9.17, 15) is 0 Å². The largest absolute Gasteiger partial charge is 0.333 e. The number of anilines is 1. The minimum atomic E-state index is 0.641. The van der Waals surface area contributed by atoms with Gasteiger partial charge in [0.15, 0.2) is 11.6 Å². The summed E-state index contributed by atoms with van der Waals surface area (Å²) in [7, 11) is 0. The molecule has 0 amide bonds. The van der Waals surface area contributed by atoms with Crippen molar-refractivity contribution in [3.05, 3.63) is 48.6 Å². The predicted octanol–water partition coefficient (Wildman–Crippen LogP) is 0.723. The van der Waals surface area contributed by atoms with E-state index in [-0.39, 0.29) is 0 Å². The zero-order chi connectivity index (χ0) is 14.8. The van der Waals surface area contributed by atoms with Crippen LogP contribution >= 0.6 is 0 Å². The van der Waals surface area contributed by atoms with Crippen LogP contribution in [0.25, 0.3) is 0 Å². The molecule has 112 valence electrons. The Morgan fingerprint density at radius 2 is 1.91 bits per heavy atom. The number of rotatable bonds is 3. The van der Waals surface area contributed by atoms with Gasteiger partial charge in [-0.05, 0) is 18.6 Å². The minimum absolute atomic E-state index is 0.641. The summed E-state index contributed by atoms with van der Waals surface area (Å²) in [5.74, 6) is 2.63. The second-order valence-electron chi connectivity index (χ2n) is 5.21. The van der Waals surface area contributed by atoms with Gasteiger partial charge in [-0.3, -0.25) is 4.68 Å². The molecule has 3 aromatic heterocycles. The van der Waals surface area contributed by atoms with E-state index >= 15 is 0 Å². The van der Waals surface area contributed by atoms with Crippen LogP contribution in [0.15, 0.2) is 36.9 Å². The fraction of sp³-hybridized carbons (Fsp3) is 0.357. The smallest absolute Gasteiger partial charge is 0.225 e. The van der Waals surface area contributed by atoms with Gasteiger partial charge in [-0.25, -0.2) is 9.97 Å².